The van der Waals surface area contributed by atoms with Crippen molar-refractivity contribution in [1.29, 1.82) is 0 Å². The zero-order valence-corrected chi connectivity index (χ0v) is 21.4. The molecule has 1 amide bonds. The molecule has 0 saturated carbocycles. The number of rotatable bonds is 7. The van der Waals surface area contributed by atoms with E-state index in [0.717, 1.165) is 0 Å². The lowest BCUT2D eigenvalue weighted by Crippen LogP contribution is -2.30. The molecule has 1 aromatic heterocycles. The quantitative estimate of drug-likeness (QED) is 0.203. The number of carbonyl (C=O) groups excluding carboxylic acids is 2. The predicted molar refractivity (Wildman–Crippen MR) is 143 cm³/mol. The number of carbonyl (C=O) groups is 2. The van der Waals surface area contributed by atoms with Gasteiger partial charge in [0.25, 0.3) is 5.78 Å². The van der Waals surface area contributed by atoms with E-state index >= 15 is 0 Å². The molecule has 0 spiro atoms. The normalized spacial score (nSPS) is 16.9. The second kappa shape index (κ2) is 9.93. The Hall–Kier alpha value is -4.79. The molecular formula is C29H27N3O6. The van der Waals surface area contributed by atoms with E-state index in [0.29, 0.717) is 39.4 Å². The standard InChI is InChI=1S/C29H27N3O6/c1-16(2)38-19-12-9-17(10-13-19)25-24(26(33)18-11-14-22(36-3)23(15-18)37-4)27(34)28(35)32(25)29-30-20-7-5-6-8-21(20)31-29/h5-16,25,33H,1-4H3,(H,30,31)/b26-24+. The number of aromatic amines is 1. The maximum absolute atomic E-state index is 13.5. The lowest BCUT2D eigenvalue weighted by atomic mass is 9.95. The van der Waals surface area contributed by atoms with Crippen molar-refractivity contribution in [2.45, 2.75) is 26.0 Å². The second-order valence-electron chi connectivity index (χ2n) is 9.05. The molecule has 194 valence electrons. The van der Waals surface area contributed by atoms with Gasteiger partial charge in [-0.25, -0.2) is 4.98 Å². The van der Waals surface area contributed by atoms with Gasteiger partial charge in [-0.05, 0) is 61.9 Å². The Morgan fingerprint density at radius 3 is 2.34 bits per heavy atom. The third kappa shape index (κ3) is 4.32. The summed E-state index contributed by atoms with van der Waals surface area (Å²) in [6.45, 7) is 3.85. The Morgan fingerprint density at radius 1 is 0.974 bits per heavy atom. The third-order valence-corrected chi connectivity index (χ3v) is 6.27. The molecule has 1 unspecified atom stereocenters. The van der Waals surface area contributed by atoms with Crippen LogP contribution in [0, 0.1) is 0 Å². The molecule has 2 heterocycles. The van der Waals surface area contributed by atoms with E-state index in [2.05, 4.69) is 9.97 Å². The number of ketones is 1. The fraction of sp³-hybridized carbons (Fsp3) is 0.207. The summed E-state index contributed by atoms with van der Waals surface area (Å²) < 4.78 is 16.4. The molecule has 0 bridgehead atoms. The number of methoxy groups -OCH3 is 2. The molecule has 0 aliphatic carbocycles. The maximum Gasteiger partial charge on any atom is 0.302 e. The monoisotopic (exact) mass is 513 g/mol. The van der Waals surface area contributed by atoms with Gasteiger partial charge in [0.15, 0.2) is 11.5 Å². The summed E-state index contributed by atoms with van der Waals surface area (Å²) in [5.41, 5.74) is 2.19. The summed E-state index contributed by atoms with van der Waals surface area (Å²) in [7, 11) is 2.98. The average molecular weight is 514 g/mol. The average Bonchev–Trinajstić information content (AvgIpc) is 3.46. The van der Waals surface area contributed by atoms with Gasteiger partial charge in [-0.2, -0.15) is 0 Å². The number of anilines is 1. The lowest BCUT2D eigenvalue weighted by molar-refractivity contribution is -0.132. The largest absolute Gasteiger partial charge is 0.507 e. The number of fused-ring (bicyclic) bond motifs is 1. The molecule has 1 saturated heterocycles. The molecule has 1 aliphatic heterocycles. The highest BCUT2D eigenvalue weighted by Crippen LogP contribution is 2.43. The summed E-state index contributed by atoms with van der Waals surface area (Å²) in [6, 6.07) is 18.2. The van der Waals surface area contributed by atoms with Crippen molar-refractivity contribution in [3.05, 3.63) is 83.4 Å². The van der Waals surface area contributed by atoms with Crippen LogP contribution in [0.5, 0.6) is 17.2 Å². The number of benzene rings is 3. The summed E-state index contributed by atoms with van der Waals surface area (Å²) in [5, 5.41) is 11.4. The van der Waals surface area contributed by atoms with Crippen LogP contribution in [-0.2, 0) is 9.59 Å². The van der Waals surface area contributed by atoms with Gasteiger partial charge in [0.1, 0.15) is 11.5 Å². The molecule has 1 aliphatic rings. The molecule has 3 aromatic carbocycles. The first-order valence-electron chi connectivity index (χ1n) is 12.1. The lowest BCUT2D eigenvalue weighted by Gasteiger charge is -2.23. The fourth-order valence-electron chi connectivity index (χ4n) is 4.56. The Bertz CT molecular complexity index is 1520. The van der Waals surface area contributed by atoms with E-state index < -0.39 is 17.7 Å². The van der Waals surface area contributed by atoms with Crippen LogP contribution in [0.25, 0.3) is 16.8 Å². The SMILES string of the molecule is COc1ccc(/C(O)=C2\C(=O)C(=O)N(c3nc4ccccc4[nH]3)C2c2ccc(OC(C)C)cc2)cc1OC. The topological polar surface area (TPSA) is 114 Å². The number of aliphatic hydroxyl groups is 1. The van der Waals surface area contributed by atoms with Crippen LogP contribution in [0.3, 0.4) is 0 Å². The zero-order valence-electron chi connectivity index (χ0n) is 21.4. The van der Waals surface area contributed by atoms with Crippen LogP contribution in [-0.4, -0.2) is 47.1 Å². The smallest absolute Gasteiger partial charge is 0.302 e. The molecule has 1 fully saturated rings. The first-order valence-corrected chi connectivity index (χ1v) is 12.1. The molecular weight excluding hydrogens is 486 g/mol. The number of hydrogen-bond acceptors (Lipinski definition) is 7. The summed E-state index contributed by atoms with van der Waals surface area (Å²) >= 11 is 0. The molecule has 2 N–H and O–H groups in total. The Labute approximate surface area is 219 Å². The fourth-order valence-corrected chi connectivity index (χ4v) is 4.56. The van der Waals surface area contributed by atoms with E-state index in [1.54, 1.807) is 42.5 Å². The minimum Gasteiger partial charge on any atom is -0.507 e. The van der Waals surface area contributed by atoms with Crippen LogP contribution in [0.15, 0.2) is 72.3 Å². The number of aromatic nitrogens is 2. The van der Waals surface area contributed by atoms with Gasteiger partial charge in [-0.3, -0.25) is 14.5 Å². The van der Waals surface area contributed by atoms with E-state index in [-0.39, 0.29) is 23.4 Å². The second-order valence-corrected chi connectivity index (χ2v) is 9.05. The molecule has 5 rings (SSSR count). The Morgan fingerprint density at radius 2 is 1.68 bits per heavy atom. The van der Waals surface area contributed by atoms with Crippen LogP contribution in [0.2, 0.25) is 0 Å². The first kappa shape index (κ1) is 24.9. The van der Waals surface area contributed by atoms with Crippen molar-refractivity contribution >= 4 is 34.4 Å². The van der Waals surface area contributed by atoms with Crippen molar-refractivity contribution in [2.75, 3.05) is 19.1 Å². The maximum atomic E-state index is 13.5. The van der Waals surface area contributed by atoms with Crippen LogP contribution < -0.4 is 19.1 Å². The van der Waals surface area contributed by atoms with Crippen LogP contribution in [0.1, 0.15) is 31.0 Å². The number of hydrogen-bond donors (Lipinski definition) is 2. The molecule has 38 heavy (non-hydrogen) atoms. The van der Waals surface area contributed by atoms with E-state index in [1.807, 2.05) is 38.1 Å². The van der Waals surface area contributed by atoms with Crippen LogP contribution in [0.4, 0.5) is 5.95 Å². The number of para-hydroxylation sites is 2. The number of nitrogens with zero attached hydrogens (tertiary/aromatic N) is 2. The van der Waals surface area contributed by atoms with Gasteiger partial charge >= 0.3 is 5.91 Å². The molecule has 9 nitrogen and oxygen atoms in total. The zero-order chi connectivity index (χ0) is 27.0. The highest BCUT2D eigenvalue weighted by atomic mass is 16.5. The number of ether oxygens (including phenoxy) is 3. The highest BCUT2D eigenvalue weighted by Gasteiger charge is 2.48. The number of aliphatic hydroxyl groups excluding tert-OH is 1. The molecule has 9 heteroatoms. The third-order valence-electron chi connectivity index (χ3n) is 6.27. The molecule has 0 radical (unpaired) electrons. The van der Waals surface area contributed by atoms with Crippen molar-refractivity contribution in [2.24, 2.45) is 0 Å². The van der Waals surface area contributed by atoms with Gasteiger partial charge < -0.3 is 24.3 Å². The van der Waals surface area contributed by atoms with Gasteiger partial charge in [0.2, 0.25) is 5.95 Å². The highest BCUT2D eigenvalue weighted by molar-refractivity contribution is 6.51. The van der Waals surface area contributed by atoms with Gasteiger partial charge in [-0.15, -0.1) is 0 Å². The number of nitrogens with one attached hydrogen (secondary N) is 1. The van der Waals surface area contributed by atoms with E-state index in [1.165, 1.54) is 19.1 Å². The minimum absolute atomic E-state index is 0.0212. The van der Waals surface area contributed by atoms with Crippen molar-refractivity contribution in [1.82, 2.24) is 9.97 Å². The first-order chi connectivity index (χ1) is 18.3. The van der Waals surface area contributed by atoms with Crippen molar-refractivity contribution < 1.29 is 28.9 Å². The van der Waals surface area contributed by atoms with Gasteiger partial charge in [0, 0.05) is 5.56 Å². The number of Topliss-reactive ketones (excluding diaryl/α,β-unsaturated/α-hetero) is 1. The summed E-state index contributed by atoms with van der Waals surface area (Å²) in [6.07, 6.45) is -0.0212. The van der Waals surface area contributed by atoms with E-state index in [4.69, 9.17) is 14.2 Å². The van der Waals surface area contributed by atoms with Gasteiger partial charge in [0.05, 0.1) is 43.0 Å². The number of H-pyrrole nitrogens is 1. The Kier molecular flexibility index (Phi) is 6.50. The van der Waals surface area contributed by atoms with Gasteiger partial charge in [-0.1, -0.05) is 24.3 Å². The van der Waals surface area contributed by atoms with E-state index in [9.17, 15) is 14.7 Å². The number of imidazole rings is 1. The predicted octanol–water partition coefficient (Wildman–Crippen LogP) is 4.99. The van der Waals surface area contributed by atoms with Crippen molar-refractivity contribution in [3.63, 3.8) is 0 Å². The molecule has 4 aromatic rings. The molecule has 1 atom stereocenters. The summed E-state index contributed by atoms with van der Waals surface area (Å²) in [5.74, 6) is -0.297. The number of amides is 1. The van der Waals surface area contributed by atoms with Crippen LogP contribution >= 0.6 is 0 Å². The van der Waals surface area contributed by atoms with Crippen molar-refractivity contribution in [3.8, 4) is 17.2 Å². The summed E-state index contributed by atoms with van der Waals surface area (Å²) in [4.78, 5) is 35.9. The Balaban J connectivity index is 1.69. The minimum atomic E-state index is -0.947.